The van der Waals surface area contributed by atoms with E-state index in [0.29, 0.717) is 5.41 Å². The zero-order chi connectivity index (χ0) is 11.7. The molecule has 0 aromatic heterocycles. The Labute approximate surface area is 113 Å². The van der Waals surface area contributed by atoms with Gasteiger partial charge in [-0.1, -0.05) is 52.7 Å². The standard InChI is InChI=1S/C16H21Br/c17-15-9-8-14-7-4-11-16(14,12-10-15)13-5-2-1-3-6-13/h1-3,5-6,14-15H,4,7-12H2. The molecule has 1 aromatic rings. The second-order valence-corrected chi connectivity index (χ2v) is 7.12. The van der Waals surface area contributed by atoms with Gasteiger partial charge in [0.05, 0.1) is 0 Å². The number of fused-ring (bicyclic) bond motifs is 1. The van der Waals surface area contributed by atoms with E-state index in [1.54, 1.807) is 5.56 Å². The summed E-state index contributed by atoms with van der Waals surface area (Å²) in [6.07, 6.45) is 9.84. The SMILES string of the molecule is BrC1CCC2CCCC2(c2ccccc2)CC1. The summed E-state index contributed by atoms with van der Waals surface area (Å²) in [6, 6.07) is 11.3. The molecule has 3 atom stereocenters. The molecule has 0 amide bonds. The second kappa shape index (κ2) is 4.76. The van der Waals surface area contributed by atoms with E-state index in [2.05, 4.69) is 46.3 Å². The Morgan fingerprint density at radius 1 is 0.941 bits per heavy atom. The van der Waals surface area contributed by atoms with E-state index in [1.165, 1.54) is 44.9 Å². The number of hydrogen-bond donors (Lipinski definition) is 0. The number of rotatable bonds is 1. The molecular formula is C16H21Br. The van der Waals surface area contributed by atoms with Gasteiger partial charge < -0.3 is 0 Å². The van der Waals surface area contributed by atoms with Gasteiger partial charge in [-0.25, -0.2) is 0 Å². The summed E-state index contributed by atoms with van der Waals surface area (Å²) in [6.45, 7) is 0. The molecule has 0 radical (unpaired) electrons. The Hall–Kier alpha value is -0.300. The van der Waals surface area contributed by atoms with Crippen LogP contribution in [0, 0.1) is 5.92 Å². The Bertz CT molecular complexity index is 372. The van der Waals surface area contributed by atoms with Crippen molar-refractivity contribution in [2.24, 2.45) is 5.92 Å². The van der Waals surface area contributed by atoms with Crippen LogP contribution in [0.5, 0.6) is 0 Å². The van der Waals surface area contributed by atoms with E-state index in [1.807, 2.05) is 0 Å². The normalized spacial score (nSPS) is 37.5. The van der Waals surface area contributed by atoms with Crippen molar-refractivity contribution in [3.63, 3.8) is 0 Å². The molecule has 3 rings (SSSR count). The van der Waals surface area contributed by atoms with Crippen LogP contribution in [-0.4, -0.2) is 4.83 Å². The van der Waals surface area contributed by atoms with E-state index in [4.69, 9.17) is 0 Å². The largest absolute Gasteiger partial charge is 0.0891 e. The molecule has 0 nitrogen and oxygen atoms in total. The Morgan fingerprint density at radius 2 is 1.76 bits per heavy atom. The van der Waals surface area contributed by atoms with Gasteiger partial charge in [0.1, 0.15) is 0 Å². The Balaban J connectivity index is 1.96. The van der Waals surface area contributed by atoms with Crippen LogP contribution in [0.4, 0.5) is 0 Å². The molecule has 2 aliphatic carbocycles. The van der Waals surface area contributed by atoms with Crippen molar-refractivity contribution in [2.45, 2.75) is 55.2 Å². The van der Waals surface area contributed by atoms with Crippen molar-refractivity contribution in [3.8, 4) is 0 Å². The average molecular weight is 293 g/mol. The van der Waals surface area contributed by atoms with Gasteiger partial charge in [0.25, 0.3) is 0 Å². The van der Waals surface area contributed by atoms with Gasteiger partial charge in [0.2, 0.25) is 0 Å². The van der Waals surface area contributed by atoms with E-state index < -0.39 is 0 Å². The lowest BCUT2D eigenvalue weighted by Crippen LogP contribution is -2.29. The van der Waals surface area contributed by atoms with Crippen LogP contribution in [0.15, 0.2) is 30.3 Å². The topological polar surface area (TPSA) is 0 Å². The first-order valence-corrected chi connectivity index (χ1v) is 7.92. The van der Waals surface area contributed by atoms with Crippen molar-refractivity contribution in [1.82, 2.24) is 0 Å². The molecule has 0 bridgehead atoms. The predicted molar refractivity (Wildman–Crippen MR) is 76.6 cm³/mol. The third-order valence-corrected chi connectivity index (χ3v) is 5.95. The molecule has 0 aliphatic heterocycles. The summed E-state index contributed by atoms with van der Waals surface area (Å²) in [5.41, 5.74) is 2.13. The minimum atomic E-state index is 0.518. The average Bonchev–Trinajstić information content (AvgIpc) is 2.72. The monoisotopic (exact) mass is 292 g/mol. The van der Waals surface area contributed by atoms with Crippen LogP contribution in [0.25, 0.3) is 0 Å². The summed E-state index contributed by atoms with van der Waals surface area (Å²) in [7, 11) is 0. The summed E-state index contributed by atoms with van der Waals surface area (Å²) in [4.78, 5) is 0.758. The lowest BCUT2D eigenvalue weighted by atomic mass is 9.69. The highest BCUT2D eigenvalue weighted by Crippen LogP contribution is 2.53. The molecule has 2 fully saturated rings. The third kappa shape index (κ3) is 2.07. The van der Waals surface area contributed by atoms with Gasteiger partial charge in [0, 0.05) is 4.83 Å². The van der Waals surface area contributed by atoms with Gasteiger partial charge in [-0.3, -0.25) is 0 Å². The first-order valence-electron chi connectivity index (χ1n) is 7.01. The molecule has 1 heteroatoms. The van der Waals surface area contributed by atoms with Crippen LogP contribution < -0.4 is 0 Å². The van der Waals surface area contributed by atoms with Crippen molar-refractivity contribution < 1.29 is 0 Å². The molecule has 2 saturated carbocycles. The van der Waals surface area contributed by atoms with Gasteiger partial charge in [-0.05, 0) is 55.4 Å². The lowest BCUT2D eigenvalue weighted by Gasteiger charge is -2.35. The molecule has 3 unspecified atom stereocenters. The molecule has 17 heavy (non-hydrogen) atoms. The van der Waals surface area contributed by atoms with Crippen LogP contribution in [0.3, 0.4) is 0 Å². The highest BCUT2D eigenvalue weighted by molar-refractivity contribution is 9.09. The van der Waals surface area contributed by atoms with Crippen molar-refractivity contribution in [1.29, 1.82) is 0 Å². The van der Waals surface area contributed by atoms with E-state index in [-0.39, 0.29) is 0 Å². The molecule has 1 aromatic carbocycles. The summed E-state index contributed by atoms with van der Waals surface area (Å²) in [5.74, 6) is 0.937. The van der Waals surface area contributed by atoms with Crippen LogP contribution >= 0.6 is 15.9 Å². The van der Waals surface area contributed by atoms with Gasteiger partial charge in [0.15, 0.2) is 0 Å². The maximum Gasteiger partial charge on any atom is 0.0146 e. The lowest BCUT2D eigenvalue weighted by molar-refractivity contribution is 0.294. The van der Waals surface area contributed by atoms with Gasteiger partial charge in [-0.2, -0.15) is 0 Å². The zero-order valence-corrected chi connectivity index (χ0v) is 12.0. The quantitative estimate of drug-likeness (QED) is 0.635. The molecule has 2 aliphatic rings. The first kappa shape index (κ1) is 11.8. The van der Waals surface area contributed by atoms with Gasteiger partial charge >= 0.3 is 0 Å². The minimum absolute atomic E-state index is 0.518. The first-order chi connectivity index (χ1) is 8.31. The maximum atomic E-state index is 3.84. The van der Waals surface area contributed by atoms with Crippen molar-refractivity contribution >= 4 is 15.9 Å². The molecule has 0 saturated heterocycles. The second-order valence-electron chi connectivity index (χ2n) is 5.82. The molecular weight excluding hydrogens is 272 g/mol. The minimum Gasteiger partial charge on any atom is -0.0891 e. The summed E-state index contributed by atoms with van der Waals surface area (Å²) in [5, 5.41) is 0. The van der Waals surface area contributed by atoms with E-state index in [9.17, 15) is 0 Å². The van der Waals surface area contributed by atoms with Crippen LogP contribution in [0.2, 0.25) is 0 Å². The fourth-order valence-electron chi connectivity index (χ4n) is 4.13. The highest BCUT2D eigenvalue weighted by atomic mass is 79.9. The highest BCUT2D eigenvalue weighted by Gasteiger charge is 2.44. The number of benzene rings is 1. The molecule has 0 N–H and O–H groups in total. The van der Waals surface area contributed by atoms with Gasteiger partial charge in [-0.15, -0.1) is 0 Å². The summed E-state index contributed by atoms with van der Waals surface area (Å²) < 4.78 is 0. The number of alkyl halides is 1. The van der Waals surface area contributed by atoms with E-state index >= 15 is 0 Å². The van der Waals surface area contributed by atoms with E-state index in [0.717, 1.165) is 10.7 Å². The Morgan fingerprint density at radius 3 is 2.59 bits per heavy atom. The van der Waals surface area contributed by atoms with Crippen molar-refractivity contribution in [3.05, 3.63) is 35.9 Å². The van der Waals surface area contributed by atoms with Crippen molar-refractivity contribution in [2.75, 3.05) is 0 Å². The summed E-state index contributed by atoms with van der Waals surface area (Å²) >= 11 is 3.84. The maximum absolute atomic E-state index is 3.84. The van der Waals surface area contributed by atoms with Crippen LogP contribution in [0.1, 0.15) is 50.5 Å². The predicted octanol–water partition coefficient (Wildman–Crippen LogP) is 5.06. The third-order valence-electron chi connectivity index (χ3n) is 5.04. The molecule has 92 valence electrons. The number of halogens is 1. The molecule has 0 heterocycles. The fraction of sp³-hybridized carbons (Fsp3) is 0.625. The van der Waals surface area contributed by atoms with Crippen LogP contribution in [-0.2, 0) is 5.41 Å². The smallest absolute Gasteiger partial charge is 0.0146 e. The number of hydrogen-bond acceptors (Lipinski definition) is 0. The Kier molecular flexibility index (Phi) is 3.30. The fourth-order valence-corrected chi connectivity index (χ4v) is 4.62. The molecule has 0 spiro atoms. The zero-order valence-electron chi connectivity index (χ0n) is 10.4.